The molecular formula is C23H14BrN. The quantitative estimate of drug-likeness (QED) is 0.284. The molecule has 0 aliphatic carbocycles. The minimum absolute atomic E-state index is 1.14. The summed E-state index contributed by atoms with van der Waals surface area (Å²) >= 11 is 3.76. The highest BCUT2D eigenvalue weighted by Crippen LogP contribution is 2.40. The second-order valence-electron chi connectivity index (χ2n) is 6.20. The van der Waals surface area contributed by atoms with E-state index < -0.39 is 0 Å². The number of aromatic nitrogens is 1. The Bertz CT molecular complexity index is 1240. The molecule has 0 fully saturated rings. The molecule has 0 spiro atoms. The number of nitrogens with zero attached hydrogens (tertiary/aromatic N) is 1. The fourth-order valence-electron chi connectivity index (χ4n) is 3.68. The standard InChI is InChI=1S/C23H14BrN/c24-23-14-22-17-6-2-1-5-16(17)20(15-9-11-25-12-10-15)13-21(22)18-7-3-4-8-19(18)23/h1-14H. The smallest absolute Gasteiger partial charge is 0.0273 e. The molecule has 0 atom stereocenters. The van der Waals surface area contributed by atoms with Crippen molar-refractivity contribution in [3.8, 4) is 11.1 Å². The van der Waals surface area contributed by atoms with Crippen LogP contribution >= 0.6 is 15.9 Å². The third-order valence-electron chi connectivity index (χ3n) is 4.82. The topological polar surface area (TPSA) is 12.9 Å². The molecule has 118 valence electrons. The summed E-state index contributed by atoms with van der Waals surface area (Å²) < 4.78 is 1.14. The van der Waals surface area contributed by atoms with E-state index in [0.29, 0.717) is 0 Å². The Morgan fingerprint density at radius 2 is 1.12 bits per heavy atom. The molecule has 0 aliphatic rings. The van der Waals surface area contributed by atoms with Crippen LogP contribution in [0.2, 0.25) is 0 Å². The zero-order chi connectivity index (χ0) is 16.8. The molecule has 1 nitrogen and oxygen atoms in total. The van der Waals surface area contributed by atoms with Gasteiger partial charge in [0.15, 0.2) is 0 Å². The van der Waals surface area contributed by atoms with Gasteiger partial charge in [-0.1, -0.05) is 64.5 Å². The Labute approximate surface area is 154 Å². The molecule has 25 heavy (non-hydrogen) atoms. The van der Waals surface area contributed by atoms with Gasteiger partial charge in [0.2, 0.25) is 0 Å². The lowest BCUT2D eigenvalue weighted by atomic mass is 9.91. The van der Waals surface area contributed by atoms with Crippen molar-refractivity contribution in [2.24, 2.45) is 0 Å². The van der Waals surface area contributed by atoms with Gasteiger partial charge in [-0.15, -0.1) is 0 Å². The lowest BCUT2D eigenvalue weighted by Crippen LogP contribution is -1.87. The Hall–Kier alpha value is -2.71. The molecule has 0 radical (unpaired) electrons. The van der Waals surface area contributed by atoms with Gasteiger partial charge in [0.05, 0.1) is 0 Å². The molecule has 0 bridgehead atoms. The summed E-state index contributed by atoms with van der Waals surface area (Å²) in [5.74, 6) is 0. The van der Waals surface area contributed by atoms with E-state index in [-0.39, 0.29) is 0 Å². The highest BCUT2D eigenvalue weighted by molar-refractivity contribution is 9.10. The zero-order valence-electron chi connectivity index (χ0n) is 13.4. The maximum Gasteiger partial charge on any atom is 0.0273 e. The van der Waals surface area contributed by atoms with Crippen LogP contribution in [0.5, 0.6) is 0 Å². The first-order chi connectivity index (χ1) is 12.3. The summed E-state index contributed by atoms with van der Waals surface area (Å²) in [6.45, 7) is 0. The van der Waals surface area contributed by atoms with Gasteiger partial charge in [-0.2, -0.15) is 0 Å². The fourth-order valence-corrected chi connectivity index (χ4v) is 4.25. The van der Waals surface area contributed by atoms with E-state index in [0.717, 1.165) is 4.47 Å². The van der Waals surface area contributed by atoms with Crippen LogP contribution in [0.25, 0.3) is 43.4 Å². The number of rotatable bonds is 1. The predicted molar refractivity (Wildman–Crippen MR) is 110 cm³/mol. The van der Waals surface area contributed by atoms with Gasteiger partial charge in [-0.05, 0) is 67.7 Å². The van der Waals surface area contributed by atoms with Crippen LogP contribution in [0.4, 0.5) is 0 Å². The lowest BCUT2D eigenvalue weighted by Gasteiger charge is -2.14. The van der Waals surface area contributed by atoms with Crippen molar-refractivity contribution in [3.63, 3.8) is 0 Å². The molecule has 5 aromatic rings. The first-order valence-corrected chi connectivity index (χ1v) is 9.05. The van der Waals surface area contributed by atoms with Gasteiger partial charge in [0, 0.05) is 16.9 Å². The third kappa shape index (κ3) is 2.25. The highest BCUT2D eigenvalue weighted by Gasteiger charge is 2.12. The lowest BCUT2D eigenvalue weighted by molar-refractivity contribution is 1.33. The van der Waals surface area contributed by atoms with Crippen LogP contribution in [0.1, 0.15) is 0 Å². The average molecular weight is 384 g/mol. The Morgan fingerprint density at radius 1 is 0.560 bits per heavy atom. The van der Waals surface area contributed by atoms with Gasteiger partial charge in [-0.25, -0.2) is 0 Å². The van der Waals surface area contributed by atoms with Crippen LogP contribution in [-0.2, 0) is 0 Å². The highest BCUT2D eigenvalue weighted by atomic mass is 79.9. The number of hydrogen-bond donors (Lipinski definition) is 0. The summed E-state index contributed by atoms with van der Waals surface area (Å²) in [6.07, 6.45) is 3.71. The van der Waals surface area contributed by atoms with Crippen LogP contribution in [0.15, 0.2) is 89.7 Å². The first kappa shape index (κ1) is 14.6. The monoisotopic (exact) mass is 383 g/mol. The predicted octanol–water partition coefficient (Wildman–Crippen LogP) is 6.97. The first-order valence-electron chi connectivity index (χ1n) is 8.26. The van der Waals surface area contributed by atoms with Gasteiger partial charge in [-0.3, -0.25) is 4.98 Å². The number of fused-ring (bicyclic) bond motifs is 5. The number of halogens is 1. The zero-order valence-corrected chi connectivity index (χ0v) is 15.0. The number of pyridine rings is 1. The number of hydrogen-bond acceptors (Lipinski definition) is 1. The third-order valence-corrected chi connectivity index (χ3v) is 5.48. The van der Waals surface area contributed by atoms with Gasteiger partial charge < -0.3 is 0 Å². The molecule has 0 aliphatic heterocycles. The molecule has 0 N–H and O–H groups in total. The normalized spacial score (nSPS) is 11.4. The van der Waals surface area contributed by atoms with Crippen LogP contribution < -0.4 is 0 Å². The number of benzene rings is 4. The average Bonchev–Trinajstić information content (AvgIpc) is 2.69. The van der Waals surface area contributed by atoms with Gasteiger partial charge >= 0.3 is 0 Å². The van der Waals surface area contributed by atoms with Crippen LogP contribution in [0, 0.1) is 0 Å². The maximum atomic E-state index is 4.17. The van der Waals surface area contributed by atoms with Gasteiger partial charge in [0.1, 0.15) is 0 Å². The summed E-state index contributed by atoms with van der Waals surface area (Å²) in [5, 5.41) is 7.61. The van der Waals surface area contributed by atoms with Crippen molar-refractivity contribution in [2.75, 3.05) is 0 Å². The molecule has 1 heterocycles. The molecule has 4 aromatic carbocycles. The molecule has 0 saturated heterocycles. The van der Waals surface area contributed by atoms with Crippen molar-refractivity contribution in [1.29, 1.82) is 0 Å². The molecular weight excluding hydrogens is 370 g/mol. The summed E-state index contributed by atoms with van der Waals surface area (Å²) in [4.78, 5) is 4.17. The van der Waals surface area contributed by atoms with E-state index >= 15 is 0 Å². The van der Waals surface area contributed by atoms with E-state index in [9.17, 15) is 0 Å². The summed E-state index contributed by atoms with van der Waals surface area (Å²) in [6, 6.07) is 25.9. The van der Waals surface area contributed by atoms with Crippen LogP contribution in [0.3, 0.4) is 0 Å². The Balaban J connectivity index is 2.04. The molecule has 0 amide bonds. The minimum atomic E-state index is 1.14. The minimum Gasteiger partial charge on any atom is -0.265 e. The van der Waals surface area contributed by atoms with E-state index in [2.05, 4.69) is 93.7 Å². The molecule has 2 heteroatoms. The molecule has 0 unspecified atom stereocenters. The van der Waals surface area contributed by atoms with Crippen molar-refractivity contribution in [1.82, 2.24) is 4.98 Å². The summed E-state index contributed by atoms with van der Waals surface area (Å²) in [5.41, 5.74) is 2.44. The fraction of sp³-hybridized carbons (Fsp3) is 0. The largest absolute Gasteiger partial charge is 0.265 e. The Morgan fingerprint density at radius 3 is 1.84 bits per heavy atom. The SMILES string of the molecule is Brc1cc2c3ccccc3c(-c3ccncc3)cc2c2ccccc12. The van der Waals surface area contributed by atoms with Crippen molar-refractivity contribution in [2.45, 2.75) is 0 Å². The van der Waals surface area contributed by atoms with Crippen LogP contribution in [-0.4, -0.2) is 4.98 Å². The molecule has 1 aromatic heterocycles. The maximum absolute atomic E-state index is 4.17. The summed E-state index contributed by atoms with van der Waals surface area (Å²) in [7, 11) is 0. The van der Waals surface area contributed by atoms with E-state index in [1.54, 1.807) is 0 Å². The second-order valence-corrected chi connectivity index (χ2v) is 7.06. The second kappa shape index (κ2) is 5.68. The van der Waals surface area contributed by atoms with E-state index in [4.69, 9.17) is 0 Å². The van der Waals surface area contributed by atoms with Gasteiger partial charge in [0.25, 0.3) is 0 Å². The van der Waals surface area contributed by atoms with E-state index in [1.807, 2.05) is 12.4 Å². The van der Waals surface area contributed by atoms with Crippen molar-refractivity contribution in [3.05, 3.63) is 89.7 Å². The molecule has 5 rings (SSSR count). The van der Waals surface area contributed by atoms with E-state index in [1.165, 1.54) is 43.4 Å². The van der Waals surface area contributed by atoms with Crippen molar-refractivity contribution < 1.29 is 0 Å². The molecule has 0 saturated carbocycles. The van der Waals surface area contributed by atoms with Crippen molar-refractivity contribution >= 4 is 48.2 Å². The Kier molecular flexibility index (Phi) is 3.32.